The zero-order chi connectivity index (χ0) is 6.24. The van der Waals surface area contributed by atoms with Crippen LogP contribution in [-0.4, -0.2) is 19.5 Å². The van der Waals surface area contributed by atoms with Gasteiger partial charge in [-0.25, -0.2) is 0 Å². The van der Waals surface area contributed by atoms with Crippen molar-refractivity contribution in [3.8, 4) is 0 Å². The van der Waals surface area contributed by atoms with Crippen LogP contribution in [0.15, 0.2) is 24.6 Å². The first-order valence-electron chi connectivity index (χ1n) is 2.38. The Morgan fingerprint density at radius 3 is 1.62 bits per heavy atom. The SMILES string of the molecule is C=C[SiH2]OO[SiH2]C=C. The minimum atomic E-state index is -0.570. The summed E-state index contributed by atoms with van der Waals surface area (Å²) in [5.41, 5.74) is 3.55. The van der Waals surface area contributed by atoms with Crippen molar-refractivity contribution in [2.24, 2.45) is 0 Å². The molecule has 0 amide bonds. The Morgan fingerprint density at radius 2 is 1.38 bits per heavy atom. The molecule has 0 unspecified atom stereocenters. The van der Waals surface area contributed by atoms with E-state index in [1.165, 1.54) is 0 Å². The molecule has 0 rings (SSSR count). The molecule has 0 saturated carbocycles. The van der Waals surface area contributed by atoms with E-state index in [4.69, 9.17) is 9.15 Å². The van der Waals surface area contributed by atoms with Crippen LogP contribution in [0, 0.1) is 0 Å². The highest BCUT2D eigenvalue weighted by Gasteiger charge is 1.78. The first-order chi connectivity index (χ1) is 3.91. The lowest BCUT2D eigenvalue weighted by Crippen LogP contribution is -1.99. The fourth-order valence-corrected chi connectivity index (χ4v) is 1.15. The van der Waals surface area contributed by atoms with Crippen LogP contribution < -0.4 is 0 Å². The van der Waals surface area contributed by atoms with Gasteiger partial charge in [-0.05, 0) is 0 Å². The summed E-state index contributed by atoms with van der Waals surface area (Å²) in [4.78, 5) is 0. The largest absolute Gasteiger partial charge is 0.301 e. The highest BCUT2D eigenvalue weighted by Crippen LogP contribution is 1.72. The summed E-state index contributed by atoms with van der Waals surface area (Å²) >= 11 is 0. The highest BCUT2D eigenvalue weighted by molar-refractivity contribution is 6.36. The third-order valence-electron chi connectivity index (χ3n) is 0.455. The fourth-order valence-electron chi connectivity index (χ4n) is 0.192. The first kappa shape index (κ1) is 7.83. The van der Waals surface area contributed by atoms with Gasteiger partial charge in [-0.3, -0.25) is 0 Å². The van der Waals surface area contributed by atoms with Gasteiger partial charge >= 0.3 is 0 Å². The normalized spacial score (nSPS) is 11.5. The van der Waals surface area contributed by atoms with Gasteiger partial charge in [-0.2, -0.15) is 0 Å². The van der Waals surface area contributed by atoms with E-state index in [2.05, 4.69) is 13.2 Å². The van der Waals surface area contributed by atoms with Crippen molar-refractivity contribution in [1.82, 2.24) is 0 Å². The Morgan fingerprint density at radius 1 is 1.00 bits per heavy atom. The molecule has 0 aliphatic heterocycles. The van der Waals surface area contributed by atoms with Crippen LogP contribution in [0.5, 0.6) is 0 Å². The summed E-state index contributed by atoms with van der Waals surface area (Å²) < 4.78 is 9.47. The van der Waals surface area contributed by atoms with E-state index in [0.717, 1.165) is 0 Å². The maximum Gasteiger partial charge on any atom is 0.230 e. The minimum Gasteiger partial charge on any atom is -0.301 e. The number of rotatable bonds is 5. The maximum absolute atomic E-state index is 4.73. The zero-order valence-corrected chi connectivity index (χ0v) is 7.63. The quantitative estimate of drug-likeness (QED) is 0.223. The zero-order valence-electron chi connectivity index (χ0n) is 4.80. The van der Waals surface area contributed by atoms with E-state index in [0.29, 0.717) is 0 Å². The van der Waals surface area contributed by atoms with Crippen molar-refractivity contribution in [3.63, 3.8) is 0 Å². The van der Waals surface area contributed by atoms with Gasteiger partial charge in [0.15, 0.2) is 0 Å². The Balaban J connectivity index is 2.71. The van der Waals surface area contributed by atoms with Crippen LogP contribution in [0.3, 0.4) is 0 Å². The smallest absolute Gasteiger partial charge is 0.230 e. The Bertz CT molecular complexity index is 64.4. The molecule has 0 N–H and O–H groups in total. The molecule has 0 aromatic carbocycles. The summed E-state index contributed by atoms with van der Waals surface area (Å²) in [6.07, 6.45) is 0. The van der Waals surface area contributed by atoms with E-state index >= 15 is 0 Å². The van der Waals surface area contributed by atoms with Gasteiger partial charge in [0.05, 0.1) is 0 Å². The van der Waals surface area contributed by atoms with Crippen LogP contribution in [0.2, 0.25) is 0 Å². The van der Waals surface area contributed by atoms with Gasteiger partial charge in [-0.15, -0.1) is 13.2 Å². The topological polar surface area (TPSA) is 18.5 Å². The summed E-state index contributed by atoms with van der Waals surface area (Å²) in [7, 11) is -1.14. The lowest BCUT2D eigenvalue weighted by Gasteiger charge is -1.95. The van der Waals surface area contributed by atoms with Gasteiger partial charge in [0.2, 0.25) is 19.5 Å². The predicted octanol–water partition coefficient (Wildman–Crippen LogP) is -0.611. The molecule has 0 aliphatic rings. The molecule has 0 aromatic heterocycles. The van der Waals surface area contributed by atoms with Gasteiger partial charge in [0.1, 0.15) is 0 Å². The van der Waals surface area contributed by atoms with Crippen LogP contribution in [0.1, 0.15) is 0 Å². The third kappa shape index (κ3) is 5.83. The summed E-state index contributed by atoms with van der Waals surface area (Å²) in [6.45, 7) is 7.01. The second-order valence-electron chi connectivity index (χ2n) is 1.15. The van der Waals surface area contributed by atoms with Gasteiger partial charge < -0.3 is 9.15 Å². The third-order valence-corrected chi connectivity index (χ3v) is 1.87. The van der Waals surface area contributed by atoms with Crippen molar-refractivity contribution in [3.05, 3.63) is 24.6 Å². The number of hydrogen-bond donors (Lipinski definition) is 0. The molecule has 0 atom stereocenters. The van der Waals surface area contributed by atoms with Gasteiger partial charge in [0, 0.05) is 0 Å². The monoisotopic (exact) mass is 146 g/mol. The Hall–Kier alpha value is -0.166. The molecule has 0 aromatic rings. The van der Waals surface area contributed by atoms with Gasteiger partial charge in [0.25, 0.3) is 0 Å². The molecule has 0 bridgehead atoms. The van der Waals surface area contributed by atoms with Gasteiger partial charge in [-0.1, -0.05) is 11.4 Å². The molecule has 0 fully saturated rings. The summed E-state index contributed by atoms with van der Waals surface area (Å²) in [5.74, 6) is 0. The van der Waals surface area contributed by atoms with E-state index in [9.17, 15) is 0 Å². The lowest BCUT2D eigenvalue weighted by atomic mass is 11.3. The van der Waals surface area contributed by atoms with E-state index in [1.807, 2.05) is 0 Å². The average Bonchev–Trinajstić information content (AvgIpc) is 1.81. The van der Waals surface area contributed by atoms with Crippen LogP contribution in [0.25, 0.3) is 0 Å². The molecular formula is C4H10O2Si2. The van der Waals surface area contributed by atoms with E-state index in [1.54, 1.807) is 11.4 Å². The molecule has 8 heavy (non-hydrogen) atoms. The second kappa shape index (κ2) is 6.83. The predicted molar refractivity (Wildman–Crippen MR) is 39.7 cm³/mol. The van der Waals surface area contributed by atoms with Crippen LogP contribution >= 0.6 is 0 Å². The molecule has 0 aliphatic carbocycles. The molecule has 46 valence electrons. The highest BCUT2D eigenvalue weighted by atomic mass is 28.2. The molecule has 0 spiro atoms. The van der Waals surface area contributed by atoms with E-state index < -0.39 is 19.5 Å². The Kier molecular flexibility index (Phi) is 6.69. The average molecular weight is 146 g/mol. The van der Waals surface area contributed by atoms with Crippen molar-refractivity contribution < 1.29 is 9.15 Å². The standard InChI is InChI=1S/C4H10O2Si2/c1-3-7-5-6-8-4-2/h3-4H,1-2,7-8H2. The van der Waals surface area contributed by atoms with Crippen molar-refractivity contribution in [2.45, 2.75) is 0 Å². The molecular weight excluding hydrogens is 136 g/mol. The van der Waals surface area contributed by atoms with Crippen LogP contribution in [0.4, 0.5) is 0 Å². The fraction of sp³-hybridized carbons (Fsp3) is 0. The van der Waals surface area contributed by atoms with Crippen molar-refractivity contribution in [2.75, 3.05) is 0 Å². The molecule has 0 radical (unpaired) electrons. The Labute approximate surface area is 54.0 Å². The first-order valence-corrected chi connectivity index (χ1v) is 5.16. The molecule has 2 nitrogen and oxygen atoms in total. The van der Waals surface area contributed by atoms with Crippen LogP contribution in [-0.2, 0) is 9.15 Å². The maximum atomic E-state index is 4.73. The summed E-state index contributed by atoms with van der Waals surface area (Å²) in [6, 6.07) is 0. The van der Waals surface area contributed by atoms with E-state index in [-0.39, 0.29) is 0 Å². The second-order valence-corrected chi connectivity index (χ2v) is 3.44. The molecule has 4 heteroatoms. The lowest BCUT2D eigenvalue weighted by molar-refractivity contribution is -0.0945. The van der Waals surface area contributed by atoms with Crippen molar-refractivity contribution >= 4 is 19.5 Å². The summed E-state index contributed by atoms with van der Waals surface area (Å²) in [5, 5.41) is 0. The molecule has 0 saturated heterocycles. The van der Waals surface area contributed by atoms with Crippen molar-refractivity contribution in [1.29, 1.82) is 0 Å². The molecule has 0 heterocycles. The number of hydrogen-bond acceptors (Lipinski definition) is 2. The minimum absolute atomic E-state index is 0.570.